The molecule has 0 N–H and O–H groups in total. The molecule has 0 saturated heterocycles. The highest BCUT2D eigenvalue weighted by Gasteiger charge is 2.05. The minimum Gasteiger partial charge on any atom is -0.493 e. The molecular weight excluding hydrogens is 212 g/mol. The summed E-state index contributed by atoms with van der Waals surface area (Å²) in [7, 11) is 0. The maximum atomic E-state index is 8.70. The van der Waals surface area contributed by atoms with E-state index in [-0.39, 0.29) is 5.57 Å². The van der Waals surface area contributed by atoms with E-state index in [0.717, 1.165) is 22.4 Å². The van der Waals surface area contributed by atoms with Gasteiger partial charge in [0.05, 0.1) is 6.61 Å². The van der Waals surface area contributed by atoms with E-state index < -0.39 is 0 Å². The molecule has 0 fully saturated rings. The fourth-order valence-corrected chi connectivity index (χ4v) is 1.70. The second-order valence-corrected chi connectivity index (χ2v) is 3.70. The average molecular weight is 226 g/mol. The van der Waals surface area contributed by atoms with Gasteiger partial charge in [-0.2, -0.15) is 10.5 Å². The number of aryl methyl sites for hydroxylation is 2. The Balaban J connectivity index is 3.21. The van der Waals surface area contributed by atoms with Crippen LogP contribution < -0.4 is 4.74 Å². The van der Waals surface area contributed by atoms with Crippen LogP contribution >= 0.6 is 0 Å². The van der Waals surface area contributed by atoms with Crippen molar-refractivity contribution >= 4 is 6.08 Å². The molecule has 17 heavy (non-hydrogen) atoms. The van der Waals surface area contributed by atoms with Gasteiger partial charge in [0.2, 0.25) is 0 Å². The minimum absolute atomic E-state index is 0.105. The maximum Gasteiger partial charge on any atom is 0.130 e. The largest absolute Gasteiger partial charge is 0.493 e. The summed E-state index contributed by atoms with van der Waals surface area (Å²) in [6, 6.07) is 7.51. The summed E-state index contributed by atoms with van der Waals surface area (Å²) in [5.41, 5.74) is 2.97. The summed E-state index contributed by atoms with van der Waals surface area (Å²) in [6.45, 7) is 6.47. The van der Waals surface area contributed by atoms with Gasteiger partial charge in [-0.05, 0) is 55.7 Å². The average Bonchev–Trinajstić information content (AvgIpc) is 2.30. The van der Waals surface area contributed by atoms with Crippen molar-refractivity contribution in [2.75, 3.05) is 6.61 Å². The summed E-state index contributed by atoms with van der Waals surface area (Å²) in [4.78, 5) is 0. The Labute approximate surface area is 102 Å². The molecule has 0 atom stereocenters. The van der Waals surface area contributed by atoms with Gasteiger partial charge in [0, 0.05) is 0 Å². The highest BCUT2D eigenvalue weighted by atomic mass is 16.5. The monoisotopic (exact) mass is 226 g/mol. The van der Waals surface area contributed by atoms with Crippen LogP contribution in [0.5, 0.6) is 5.75 Å². The summed E-state index contributed by atoms with van der Waals surface area (Å²) in [5.74, 6) is 0.875. The fourth-order valence-electron chi connectivity index (χ4n) is 1.70. The van der Waals surface area contributed by atoms with Crippen molar-refractivity contribution in [1.82, 2.24) is 0 Å². The first-order valence-corrected chi connectivity index (χ1v) is 5.38. The van der Waals surface area contributed by atoms with E-state index in [9.17, 15) is 0 Å². The molecule has 0 unspecified atom stereocenters. The molecule has 0 saturated carbocycles. The Kier molecular flexibility index (Phi) is 4.31. The Morgan fingerprint density at radius 3 is 2.18 bits per heavy atom. The van der Waals surface area contributed by atoms with E-state index in [1.54, 1.807) is 6.08 Å². The number of nitriles is 2. The van der Waals surface area contributed by atoms with E-state index in [1.165, 1.54) is 0 Å². The number of ether oxygens (including phenoxy) is 1. The predicted octanol–water partition coefficient (Wildman–Crippen LogP) is 3.13. The second kappa shape index (κ2) is 5.72. The lowest BCUT2D eigenvalue weighted by Crippen LogP contribution is -1.97. The summed E-state index contributed by atoms with van der Waals surface area (Å²) in [5, 5.41) is 17.4. The van der Waals surface area contributed by atoms with Crippen LogP contribution in [0.25, 0.3) is 6.08 Å². The number of nitrogens with zero attached hydrogens (tertiary/aromatic N) is 2. The van der Waals surface area contributed by atoms with Crippen molar-refractivity contribution in [3.05, 3.63) is 34.4 Å². The van der Waals surface area contributed by atoms with Gasteiger partial charge in [-0.1, -0.05) is 0 Å². The zero-order valence-corrected chi connectivity index (χ0v) is 10.2. The van der Waals surface area contributed by atoms with Gasteiger partial charge >= 0.3 is 0 Å². The van der Waals surface area contributed by atoms with Gasteiger partial charge in [0.15, 0.2) is 0 Å². The molecule has 86 valence electrons. The van der Waals surface area contributed by atoms with Crippen LogP contribution in [0.4, 0.5) is 0 Å². The molecule has 0 aromatic heterocycles. The van der Waals surface area contributed by atoms with Gasteiger partial charge in [-0.3, -0.25) is 0 Å². The first-order valence-electron chi connectivity index (χ1n) is 5.38. The third-order valence-electron chi connectivity index (χ3n) is 2.32. The standard InChI is InChI=1S/C14H14N2O/c1-4-17-14-10(2)5-12(6-11(14)3)7-13(8-15)9-16/h5-7H,4H2,1-3H3. The predicted molar refractivity (Wildman–Crippen MR) is 66.3 cm³/mol. The lowest BCUT2D eigenvalue weighted by Gasteiger charge is -2.11. The molecule has 0 aliphatic rings. The van der Waals surface area contributed by atoms with E-state index in [2.05, 4.69) is 0 Å². The minimum atomic E-state index is 0.105. The lowest BCUT2D eigenvalue weighted by atomic mass is 10.0. The number of hydrogen-bond acceptors (Lipinski definition) is 3. The van der Waals surface area contributed by atoms with Gasteiger partial charge < -0.3 is 4.74 Å². The van der Waals surface area contributed by atoms with Gasteiger partial charge in [0.1, 0.15) is 23.5 Å². The van der Waals surface area contributed by atoms with Crippen LogP contribution in [0.1, 0.15) is 23.6 Å². The lowest BCUT2D eigenvalue weighted by molar-refractivity contribution is 0.335. The highest BCUT2D eigenvalue weighted by Crippen LogP contribution is 2.25. The first kappa shape index (κ1) is 12.8. The Hall–Kier alpha value is -2.26. The summed E-state index contributed by atoms with van der Waals surface area (Å²) >= 11 is 0. The maximum absolute atomic E-state index is 8.70. The first-order chi connectivity index (χ1) is 8.12. The quantitative estimate of drug-likeness (QED) is 0.744. The molecule has 0 aliphatic heterocycles. The number of benzene rings is 1. The molecule has 1 aromatic rings. The second-order valence-electron chi connectivity index (χ2n) is 3.70. The molecular formula is C14H14N2O. The molecule has 0 aliphatic carbocycles. The molecule has 3 nitrogen and oxygen atoms in total. The summed E-state index contributed by atoms with van der Waals surface area (Å²) in [6.07, 6.45) is 1.58. The Morgan fingerprint density at radius 2 is 1.76 bits per heavy atom. The molecule has 0 heterocycles. The molecule has 0 bridgehead atoms. The Morgan fingerprint density at radius 1 is 1.24 bits per heavy atom. The molecule has 3 heteroatoms. The zero-order chi connectivity index (χ0) is 12.8. The van der Waals surface area contributed by atoms with E-state index >= 15 is 0 Å². The molecule has 0 spiro atoms. The molecule has 0 amide bonds. The molecule has 0 radical (unpaired) electrons. The Bertz CT molecular complexity index is 491. The highest BCUT2D eigenvalue weighted by molar-refractivity contribution is 5.64. The van der Waals surface area contributed by atoms with Crippen LogP contribution in [0.3, 0.4) is 0 Å². The van der Waals surface area contributed by atoms with Gasteiger partial charge in [-0.25, -0.2) is 0 Å². The van der Waals surface area contributed by atoms with E-state index in [4.69, 9.17) is 15.3 Å². The van der Waals surface area contributed by atoms with Crippen molar-refractivity contribution in [3.63, 3.8) is 0 Å². The third kappa shape index (κ3) is 3.09. The fraction of sp³-hybridized carbons (Fsp3) is 0.286. The van der Waals surface area contributed by atoms with Crippen LogP contribution in [0, 0.1) is 36.5 Å². The van der Waals surface area contributed by atoms with E-state index in [1.807, 2.05) is 45.0 Å². The molecule has 1 aromatic carbocycles. The van der Waals surface area contributed by atoms with Crippen molar-refractivity contribution in [2.45, 2.75) is 20.8 Å². The van der Waals surface area contributed by atoms with Crippen LogP contribution in [0.15, 0.2) is 17.7 Å². The van der Waals surface area contributed by atoms with Crippen LogP contribution in [-0.2, 0) is 0 Å². The normalized spacial score (nSPS) is 9.00. The SMILES string of the molecule is CCOc1c(C)cc(C=C(C#N)C#N)cc1C. The van der Waals surface area contributed by atoms with Gasteiger partial charge in [-0.15, -0.1) is 0 Å². The number of allylic oxidation sites excluding steroid dienone is 1. The smallest absolute Gasteiger partial charge is 0.130 e. The van der Waals surface area contributed by atoms with Crippen molar-refractivity contribution in [2.24, 2.45) is 0 Å². The van der Waals surface area contributed by atoms with Gasteiger partial charge in [0.25, 0.3) is 0 Å². The number of hydrogen-bond donors (Lipinski definition) is 0. The van der Waals surface area contributed by atoms with Crippen LogP contribution in [0.2, 0.25) is 0 Å². The summed E-state index contributed by atoms with van der Waals surface area (Å²) < 4.78 is 5.53. The van der Waals surface area contributed by atoms with Crippen LogP contribution in [-0.4, -0.2) is 6.61 Å². The number of rotatable bonds is 3. The molecule has 1 rings (SSSR count). The topological polar surface area (TPSA) is 56.8 Å². The van der Waals surface area contributed by atoms with Crippen molar-refractivity contribution in [1.29, 1.82) is 10.5 Å². The van der Waals surface area contributed by atoms with E-state index in [0.29, 0.717) is 6.61 Å². The van der Waals surface area contributed by atoms with Crippen molar-refractivity contribution in [3.8, 4) is 17.9 Å². The van der Waals surface area contributed by atoms with Crippen molar-refractivity contribution < 1.29 is 4.74 Å². The zero-order valence-electron chi connectivity index (χ0n) is 10.2. The third-order valence-corrected chi connectivity index (χ3v) is 2.32.